The lowest BCUT2D eigenvalue weighted by Gasteiger charge is -2.27. The Kier molecular flexibility index (Phi) is 6.84. The third-order valence-electron chi connectivity index (χ3n) is 4.13. The van der Waals surface area contributed by atoms with Gasteiger partial charge in [-0.3, -0.25) is 14.6 Å². The Morgan fingerprint density at radius 2 is 2.09 bits per heavy atom. The Morgan fingerprint density at radius 3 is 2.65 bits per heavy atom. The highest BCUT2D eigenvalue weighted by Gasteiger charge is 2.19. The second-order valence-corrected chi connectivity index (χ2v) is 6.48. The molecule has 1 atom stereocenters. The number of nitrogens with one attached hydrogen (secondary N) is 1. The summed E-state index contributed by atoms with van der Waals surface area (Å²) in [4.78, 5) is 16.5. The summed E-state index contributed by atoms with van der Waals surface area (Å²) in [5.41, 5.74) is 1.82. The van der Waals surface area contributed by atoms with Gasteiger partial charge in [0.2, 0.25) is 5.91 Å². The van der Waals surface area contributed by atoms with Gasteiger partial charge in [-0.25, -0.2) is 0 Å². The Bertz CT molecular complexity index is 531. The molecule has 1 saturated heterocycles. The summed E-state index contributed by atoms with van der Waals surface area (Å²) in [5, 5.41) is 3.63. The minimum Gasteiger partial charge on any atom is -0.379 e. The lowest BCUT2D eigenvalue weighted by atomic mass is 10.1. The first kappa shape index (κ1) is 18.2. The number of hydrogen-bond donors (Lipinski definition) is 1. The topological polar surface area (TPSA) is 44.8 Å². The zero-order chi connectivity index (χ0) is 16.8. The highest BCUT2D eigenvalue weighted by molar-refractivity contribution is 6.31. The Morgan fingerprint density at radius 1 is 1.39 bits per heavy atom. The van der Waals surface area contributed by atoms with E-state index in [-0.39, 0.29) is 11.9 Å². The van der Waals surface area contributed by atoms with Crippen molar-refractivity contribution in [3.63, 3.8) is 0 Å². The molecular weight excluding hydrogens is 314 g/mol. The second-order valence-electron chi connectivity index (χ2n) is 6.07. The van der Waals surface area contributed by atoms with Crippen LogP contribution in [-0.4, -0.2) is 62.1 Å². The normalized spacial score (nSPS) is 17.3. The van der Waals surface area contributed by atoms with Crippen molar-refractivity contribution in [3.8, 4) is 0 Å². The van der Waals surface area contributed by atoms with E-state index in [9.17, 15) is 4.79 Å². The Hall–Kier alpha value is -1.14. The predicted molar refractivity (Wildman–Crippen MR) is 93.9 cm³/mol. The van der Waals surface area contributed by atoms with Gasteiger partial charge < -0.3 is 10.1 Å². The van der Waals surface area contributed by atoms with E-state index in [1.807, 2.05) is 44.1 Å². The minimum atomic E-state index is -0.137. The fourth-order valence-electron chi connectivity index (χ4n) is 2.76. The average molecular weight is 340 g/mol. The van der Waals surface area contributed by atoms with Gasteiger partial charge in [-0.2, -0.15) is 0 Å². The summed E-state index contributed by atoms with van der Waals surface area (Å²) in [6.45, 7) is 6.21. The molecule has 1 heterocycles. The number of carbonyl (C=O) groups excluding carboxylic acids is 1. The minimum absolute atomic E-state index is 0.00510. The summed E-state index contributed by atoms with van der Waals surface area (Å²) in [6, 6.07) is 5.60. The maximum Gasteiger partial charge on any atom is 0.241 e. The van der Waals surface area contributed by atoms with Crippen LogP contribution in [0.3, 0.4) is 0 Å². The number of carbonyl (C=O) groups is 1. The van der Waals surface area contributed by atoms with E-state index in [1.165, 1.54) is 0 Å². The fourth-order valence-corrected chi connectivity index (χ4v) is 3.00. The molecule has 1 aliphatic rings. The van der Waals surface area contributed by atoms with E-state index in [4.69, 9.17) is 16.3 Å². The van der Waals surface area contributed by atoms with Gasteiger partial charge >= 0.3 is 0 Å². The molecule has 0 radical (unpaired) electrons. The van der Waals surface area contributed by atoms with Gasteiger partial charge in [-0.15, -0.1) is 0 Å². The molecular formula is C17H26ClN3O2. The molecule has 23 heavy (non-hydrogen) atoms. The quantitative estimate of drug-likeness (QED) is 0.864. The summed E-state index contributed by atoms with van der Waals surface area (Å²) < 4.78 is 5.36. The van der Waals surface area contributed by atoms with Crippen LogP contribution >= 0.6 is 11.6 Å². The van der Waals surface area contributed by atoms with Gasteiger partial charge in [0, 0.05) is 30.3 Å². The third-order valence-corrected chi connectivity index (χ3v) is 4.48. The van der Waals surface area contributed by atoms with Gasteiger partial charge in [0.15, 0.2) is 0 Å². The second kappa shape index (κ2) is 8.64. The Balaban J connectivity index is 1.99. The lowest BCUT2D eigenvalue weighted by molar-refractivity contribution is -0.120. The van der Waals surface area contributed by atoms with Crippen molar-refractivity contribution in [1.82, 2.24) is 9.80 Å². The van der Waals surface area contributed by atoms with E-state index < -0.39 is 0 Å². The number of nitrogens with zero attached hydrogens (tertiary/aromatic N) is 2. The lowest BCUT2D eigenvalue weighted by Crippen LogP contribution is -2.39. The first-order valence-corrected chi connectivity index (χ1v) is 8.45. The highest BCUT2D eigenvalue weighted by Crippen LogP contribution is 2.23. The first-order valence-electron chi connectivity index (χ1n) is 8.07. The monoisotopic (exact) mass is 339 g/mol. The number of benzene rings is 1. The molecule has 0 spiro atoms. The van der Waals surface area contributed by atoms with Crippen LogP contribution in [0.1, 0.15) is 18.9 Å². The molecule has 0 saturated carbocycles. The number of morpholine rings is 1. The molecule has 0 bridgehead atoms. The molecule has 0 aromatic heterocycles. The van der Waals surface area contributed by atoms with Crippen LogP contribution in [0.15, 0.2) is 18.2 Å². The SMILES string of the molecule is CC[C@H](C(=O)Nc1ccc(CN2CCOCC2)c(Cl)c1)N(C)C. The predicted octanol–water partition coefficient (Wildman–Crippen LogP) is 2.45. The van der Waals surface area contributed by atoms with Crippen LogP contribution < -0.4 is 5.32 Å². The highest BCUT2D eigenvalue weighted by atomic mass is 35.5. The van der Waals surface area contributed by atoms with Crippen molar-refractivity contribution >= 4 is 23.2 Å². The Labute approximate surface area is 143 Å². The molecule has 2 rings (SSSR count). The van der Waals surface area contributed by atoms with Crippen molar-refractivity contribution in [2.45, 2.75) is 25.9 Å². The van der Waals surface area contributed by atoms with E-state index in [1.54, 1.807) is 0 Å². The van der Waals surface area contributed by atoms with Gasteiger partial charge in [0.05, 0.1) is 19.3 Å². The smallest absolute Gasteiger partial charge is 0.241 e. The largest absolute Gasteiger partial charge is 0.379 e. The van der Waals surface area contributed by atoms with E-state index in [0.717, 1.165) is 50.5 Å². The molecule has 1 aromatic carbocycles. The van der Waals surface area contributed by atoms with Crippen molar-refractivity contribution < 1.29 is 9.53 Å². The van der Waals surface area contributed by atoms with E-state index in [2.05, 4.69) is 10.2 Å². The van der Waals surface area contributed by atoms with Crippen LogP contribution in [0.2, 0.25) is 5.02 Å². The van der Waals surface area contributed by atoms with Gasteiger partial charge in [-0.1, -0.05) is 24.6 Å². The van der Waals surface area contributed by atoms with Crippen molar-refractivity contribution in [1.29, 1.82) is 0 Å². The van der Waals surface area contributed by atoms with Crippen molar-refractivity contribution in [3.05, 3.63) is 28.8 Å². The zero-order valence-electron chi connectivity index (χ0n) is 14.1. The molecule has 1 amide bonds. The molecule has 1 N–H and O–H groups in total. The zero-order valence-corrected chi connectivity index (χ0v) is 14.9. The molecule has 0 unspecified atom stereocenters. The van der Waals surface area contributed by atoms with Gasteiger partial charge in [-0.05, 0) is 38.2 Å². The number of hydrogen-bond acceptors (Lipinski definition) is 4. The molecule has 0 aliphatic carbocycles. The van der Waals surface area contributed by atoms with Crippen LogP contribution in [-0.2, 0) is 16.1 Å². The number of rotatable bonds is 6. The summed E-state index contributed by atoms with van der Waals surface area (Å²) in [5.74, 6) is -0.00510. The van der Waals surface area contributed by atoms with E-state index >= 15 is 0 Å². The van der Waals surface area contributed by atoms with Crippen LogP contribution in [0.25, 0.3) is 0 Å². The van der Waals surface area contributed by atoms with Crippen molar-refractivity contribution in [2.75, 3.05) is 45.7 Å². The van der Waals surface area contributed by atoms with Crippen molar-refractivity contribution in [2.24, 2.45) is 0 Å². The molecule has 1 fully saturated rings. The fraction of sp³-hybridized carbons (Fsp3) is 0.588. The average Bonchev–Trinajstić information content (AvgIpc) is 2.51. The number of amides is 1. The third kappa shape index (κ3) is 5.18. The molecule has 6 heteroatoms. The molecule has 1 aromatic rings. The van der Waals surface area contributed by atoms with Crippen LogP contribution in [0.5, 0.6) is 0 Å². The number of likely N-dealkylation sites (N-methyl/N-ethyl adjacent to an activating group) is 1. The van der Waals surface area contributed by atoms with Crippen LogP contribution in [0.4, 0.5) is 5.69 Å². The maximum absolute atomic E-state index is 12.3. The summed E-state index contributed by atoms with van der Waals surface area (Å²) >= 11 is 6.39. The molecule has 1 aliphatic heterocycles. The van der Waals surface area contributed by atoms with E-state index in [0.29, 0.717) is 5.02 Å². The standard InChI is InChI=1S/C17H26ClN3O2/c1-4-16(20(2)3)17(22)19-14-6-5-13(15(18)11-14)12-21-7-9-23-10-8-21/h5-6,11,16H,4,7-10,12H2,1-3H3,(H,19,22)/t16-/m1/s1. The van der Waals surface area contributed by atoms with Crippen LogP contribution in [0, 0.1) is 0 Å². The number of anilines is 1. The molecule has 5 nitrogen and oxygen atoms in total. The van der Waals surface area contributed by atoms with Gasteiger partial charge in [0.1, 0.15) is 0 Å². The maximum atomic E-state index is 12.3. The number of ether oxygens (including phenoxy) is 1. The molecule has 128 valence electrons. The number of halogens is 1. The first-order chi connectivity index (χ1) is 11.0. The summed E-state index contributed by atoms with van der Waals surface area (Å²) in [6.07, 6.45) is 0.766. The van der Waals surface area contributed by atoms with Gasteiger partial charge in [0.25, 0.3) is 0 Å². The summed E-state index contributed by atoms with van der Waals surface area (Å²) in [7, 11) is 3.82.